The second-order valence-electron chi connectivity index (χ2n) is 7.52. The topological polar surface area (TPSA) is 72.5 Å². The normalized spacial score (nSPS) is 11.8. The van der Waals surface area contributed by atoms with Crippen molar-refractivity contribution in [3.63, 3.8) is 0 Å². The van der Waals surface area contributed by atoms with Crippen molar-refractivity contribution in [2.75, 3.05) is 0 Å². The maximum atomic E-state index is 12.5. The van der Waals surface area contributed by atoms with E-state index in [-0.39, 0.29) is 43.0 Å². The number of Topliss-reactive ketones (excluding diaryl/α,β-unsaturated/α-hetero) is 1. The van der Waals surface area contributed by atoms with Crippen LogP contribution in [0.2, 0.25) is 0 Å². The summed E-state index contributed by atoms with van der Waals surface area (Å²) in [5.74, 6) is -0.702. The molecular formula is C24H29NO4. The summed E-state index contributed by atoms with van der Waals surface area (Å²) in [5.41, 5.74) is 3.39. The van der Waals surface area contributed by atoms with Gasteiger partial charge in [0.25, 0.3) is 0 Å². The van der Waals surface area contributed by atoms with Crippen LogP contribution in [-0.4, -0.2) is 23.8 Å². The number of esters is 1. The van der Waals surface area contributed by atoms with Gasteiger partial charge in [0.05, 0.1) is 18.6 Å². The van der Waals surface area contributed by atoms with Crippen LogP contribution in [0.1, 0.15) is 66.2 Å². The summed E-state index contributed by atoms with van der Waals surface area (Å²) in [6.07, 6.45) is 0.00617. The van der Waals surface area contributed by atoms with Crippen molar-refractivity contribution >= 4 is 17.7 Å². The number of ether oxygens (including phenoxy) is 1. The Morgan fingerprint density at radius 2 is 1.66 bits per heavy atom. The Kier molecular flexibility index (Phi) is 8.13. The lowest BCUT2D eigenvalue weighted by Crippen LogP contribution is -2.31. The van der Waals surface area contributed by atoms with Gasteiger partial charge in [-0.2, -0.15) is 0 Å². The zero-order valence-electron chi connectivity index (χ0n) is 17.5. The third-order valence-corrected chi connectivity index (χ3v) is 4.55. The van der Waals surface area contributed by atoms with Crippen LogP contribution in [0, 0.1) is 13.8 Å². The average molecular weight is 395 g/mol. The van der Waals surface area contributed by atoms with Crippen molar-refractivity contribution in [3.8, 4) is 0 Å². The minimum Gasteiger partial charge on any atom is -0.463 e. The van der Waals surface area contributed by atoms with Crippen LogP contribution in [0.25, 0.3) is 0 Å². The quantitative estimate of drug-likeness (QED) is 0.502. The van der Waals surface area contributed by atoms with Gasteiger partial charge >= 0.3 is 5.97 Å². The molecule has 2 aromatic carbocycles. The summed E-state index contributed by atoms with van der Waals surface area (Å²) in [6.45, 7) is 7.39. The van der Waals surface area contributed by atoms with E-state index in [2.05, 4.69) is 5.32 Å². The van der Waals surface area contributed by atoms with Gasteiger partial charge in [0.2, 0.25) is 5.91 Å². The highest BCUT2D eigenvalue weighted by molar-refractivity contribution is 5.99. The highest BCUT2D eigenvalue weighted by atomic mass is 16.5. The van der Waals surface area contributed by atoms with Crippen LogP contribution >= 0.6 is 0 Å². The standard InChI is InChI=1S/C24H29NO4/c1-16(2)29-24(28)15-21(19-8-6-5-7-9-19)25-23(27)13-12-22(26)20-14-17(3)10-11-18(20)4/h5-11,14,16,21H,12-13,15H2,1-4H3,(H,25,27). The Labute approximate surface area is 172 Å². The van der Waals surface area contributed by atoms with Crippen LogP contribution in [-0.2, 0) is 14.3 Å². The van der Waals surface area contributed by atoms with Crippen molar-refractivity contribution in [2.24, 2.45) is 0 Å². The van der Waals surface area contributed by atoms with Crippen molar-refractivity contribution in [1.29, 1.82) is 0 Å². The maximum absolute atomic E-state index is 12.5. The van der Waals surface area contributed by atoms with E-state index in [1.807, 2.05) is 62.4 Å². The largest absolute Gasteiger partial charge is 0.463 e. The number of hydrogen-bond donors (Lipinski definition) is 1. The lowest BCUT2D eigenvalue weighted by Gasteiger charge is -2.19. The Morgan fingerprint density at radius 3 is 2.31 bits per heavy atom. The van der Waals surface area contributed by atoms with Crippen LogP contribution in [0.3, 0.4) is 0 Å². The van der Waals surface area contributed by atoms with E-state index in [9.17, 15) is 14.4 Å². The molecule has 0 saturated carbocycles. The molecule has 5 heteroatoms. The predicted octanol–water partition coefficient (Wildman–Crippen LogP) is 4.47. The Bertz CT molecular complexity index is 858. The molecule has 154 valence electrons. The molecule has 1 N–H and O–H groups in total. The first kappa shape index (κ1) is 22.3. The van der Waals surface area contributed by atoms with E-state index in [0.717, 1.165) is 16.7 Å². The second-order valence-corrected chi connectivity index (χ2v) is 7.52. The zero-order valence-corrected chi connectivity index (χ0v) is 17.5. The van der Waals surface area contributed by atoms with E-state index >= 15 is 0 Å². The first-order valence-electron chi connectivity index (χ1n) is 9.90. The number of rotatable bonds is 9. The molecule has 0 fully saturated rings. The van der Waals surface area contributed by atoms with Crippen molar-refractivity contribution in [1.82, 2.24) is 5.32 Å². The Morgan fingerprint density at radius 1 is 0.966 bits per heavy atom. The first-order chi connectivity index (χ1) is 13.8. The third-order valence-electron chi connectivity index (χ3n) is 4.55. The van der Waals surface area contributed by atoms with E-state index in [1.165, 1.54) is 0 Å². The molecule has 0 aliphatic rings. The average Bonchev–Trinajstić information content (AvgIpc) is 2.67. The van der Waals surface area contributed by atoms with E-state index in [1.54, 1.807) is 13.8 Å². The van der Waals surface area contributed by atoms with E-state index in [0.29, 0.717) is 5.56 Å². The van der Waals surface area contributed by atoms with Crippen molar-refractivity contribution < 1.29 is 19.1 Å². The molecule has 1 unspecified atom stereocenters. The number of nitrogens with one attached hydrogen (secondary N) is 1. The molecule has 2 aromatic rings. The van der Waals surface area contributed by atoms with Gasteiger partial charge in [0.15, 0.2) is 5.78 Å². The minimum absolute atomic E-state index is 0.0405. The van der Waals surface area contributed by atoms with E-state index < -0.39 is 6.04 Å². The lowest BCUT2D eigenvalue weighted by molar-refractivity contribution is -0.148. The monoisotopic (exact) mass is 395 g/mol. The minimum atomic E-state index is -0.495. The van der Waals surface area contributed by atoms with Gasteiger partial charge in [-0.1, -0.05) is 48.0 Å². The Balaban J connectivity index is 2.00. The number of carbonyl (C=O) groups is 3. The van der Waals surface area contributed by atoms with Gasteiger partial charge in [0, 0.05) is 18.4 Å². The van der Waals surface area contributed by atoms with Gasteiger partial charge < -0.3 is 10.1 Å². The van der Waals surface area contributed by atoms with Crippen LogP contribution < -0.4 is 5.32 Å². The summed E-state index contributed by atoms with van der Waals surface area (Å²) < 4.78 is 5.22. The summed E-state index contributed by atoms with van der Waals surface area (Å²) in [4.78, 5) is 37.1. The van der Waals surface area contributed by atoms with Crippen LogP contribution in [0.5, 0.6) is 0 Å². The van der Waals surface area contributed by atoms with Crippen LogP contribution in [0.15, 0.2) is 48.5 Å². The van der Waals surface area contributed by atoms with Crippen LogP contribution in [0.4, 0.5) is 0 Å². The zero-order chi connectivity index (χ0) is 21.4. The predicted molar refractivity (Wildman–Crippen MR) is 113 cm³/mol. The molecule has 0 saturated heterocycles. The third kappa shape index (κ3) is 7.18. The molecule has 0 aromatic heterocycles. The number of carbonyl (C=O) groups excluding carboxylic acids is 3. The van der Waals surface area contributed by atoms with Gasteiger partial charge in [-0.15, -0.1) is 0 Å². The Hall–Kier alpha value is -2.95. The lowest BCUT2D eigenvalue weighted by atomic mass is 9.99. The van der Waals surface area contributed by atoms with Gasteiger partial charge in [-0.3, -0.25) is 14.4 Å². The molecule has 5 nitrogen and oxygen atoms in total. The number of amides is 1. The highest BCUT2D eigenvalue weighted by Gasteiger charge is 2.20. The fourth-order valence-electron chi connectivity index (χ4n) is 3.08. The number of aryl methyl sites for hydroxylation is 2. The van der Waals surface area contributed by atoms with Gasteiger partial charge in [-0.25, -0.2) is 0 Å². The molecule has 0 heterocycles. The summed E-state index contributed by atoms with van der Waals surface area (Å²) in [5, 5.41) is 2.88. The van der Waals surface area contributed by atoms with Gasteiger partial charge in [0.1, 0.15) is 0 Å². The molecular weight excluding hydrogens is 366 g/mol. The molecule has 1 atom stereocenters. The fraction of sp³-hybridized carbons (Fsp3) is 0.375. The fourth-order valence-corrected chi connectivity index (χ4v) is 3.08. The molecule has 0 bridgehead atoms. The molecule has 0 radical (unpaired) electrons. The first-order valence-corrected chi connectivity index (χ1v) is 9.90. The number of hydrogen-bond acceptors (Lipinski definition) is 4. The molecule has 0 aliphatic carbocycles. The number of ketones is 1. The summed E-state index contributed by atoms with van der Waals surface area (Å²) >= 11 is 0. The van der Waals surface area contributed by atoms with Crippen molar-refractivity contribution in [3.05, 3.63) is 70.8 Å². The SMILES string of the molecule is Cc1ccc(C)c(C(=O)CCC(=O)NC(CC(=O)OC(C)C)c2ccccc2)c1. The van der Waals surface area contributed by atoms with E-state index in [4.69, 9.17) is 4.74 Å². The second kappa shape index (κ2) is 10.6. The molecule has 0 spiro atoms. The summed E-state index contributed by atoms with van der Waals surface area (Å²) in [6, 6.07) is 14.5. The smallest absolute Gasteiger partial charge is 0.308 e. The number of benzene rings is 2. The molecule has 29 heavy (non-hydrogen) atoms. The van der Waals surface area contributed by atoms with Crippen molar-refractivity contribution in [2.45, 2.75) is 59.1 Å². The molecule has 1 amide bonds. The highest BCUT2D eigenvalue weighted by Crippen LogP contribution is 2.19. The maximum Gasteiger partial charge on any atom is 0.308 e. The van der Waals surface area contributed by atoms with Gasteiger partial charge in [-0.05, 0) is 44.9 Å². The molecule has 0 aliphatic heterocycles. The molecule has 2 rings (SSSR count). The summed E-state index contributed by atoms with van der Waals surface area (Å²) in [7, 11) is 0.